The van der Waals surface area contributed by atoms with Gasteiger partial charge < -0.3 is 19.2 Å². The standard InChI is InChI=1S/C24H33N3O4/c1-30-22-9-5-4-8-21(22)27-14-12-26(13-15-27)16-19-18-31-24(29)20(23(19)28)17-25-10-6-2-3-7-11-25/h4-5,8-9,18,28H,2-3,6-7,10-17H2,1H3. The Morgan fingerprint density at radius 2 is 1.61 bits per heavy atom. The van der Waals surface area contributed by atoms with Crippen LogP contribution in [-0.2, 0) is 13.1 Å². The topological polar surface area (TPSA) is 69.4 Å². The predicted molar refractivity (Wildman–Crippen MR) is 121 cm³/mol. The second kappa shape index (κ2) is 10.2. The van der Waals surface area contributed by atoms with Crippen molar-refractivity contribution in [3.8, 4) is 11.5 Å². The van der Waals surface area contributed by atoms with Crippen LogP contribution in [0, 0.1) is 0 Å². The van der Waals surface area contributed by atoms with Gasteiger partial charge in [0.2, 0.25) is 0 Å². The van der Waals surface area contributed by atoms with Crippen molar-refractivity contribution >= 4 is 5.69 Å². The molecule has 0 radical (unpaired) electrons. The van der Waals surface area contributed by atoms with Crippen LogP contribution in [0.5, 0.6) is 11.5 Å². The highest BCUT2D eigenvalue weighted by atomic mass is 16.5. The highest BCUT2D eigenvalue weighted by Gasteiger charge is 2.23. The second-order valence-corrected chi connectivity index (χ2v) is 8.50. The molecule has 2 saturated heterocycles. The summed E-state index contributed by atoms with van der Waals surface area (Å²) in [6.07, 6.45) is 6.18. The lowest BCUT2D eigenvalue weighted by Crippen LogP contribution is -2.46. The van der Waals surface area contributed by atoms with Gasteiger partial charge in [0.15, 0.2) is 0 Å². The number of anilines is 1. The second-order valence-electron chi connectivity index (χ2n) is 8.50. The van der Waals surface area contributed by atoms with Gasteiger partial charge in [0.1, 0.15) is 17.8 Å². The molecule has 2 fully saturated rings. The van der Waals surface area contributed by atoms with Crippen LogP contribution in [0.2, 0.25) is 0 Å². The van der Waals surface area contributed by atoms with Crippen molar-refractivity contribution in [2.24, 2.45) is 0 Å². The summed E-state index contributed by atoms with van der Waals surface area (Å²) in [5.41, 5.74) is 1.77. The Morgan fingerprint density at radius 3 is 2.32 bits per heavy atom. The first-order chi connectivity index (χ1) is 15.2. The van der Waals surface area contributed by atoms with Crippen molar-refractivity contribution < 1.29 is 14.3 Å². The van der Waals surface area contributed by atoms with E-state index in [9.17, 15) is 9.90 Å². The van der Waals surface area contributed by atoms with Gasteiger partial charge in [-0.05, 0) is 38.1 Å². The molecular formula is C24H33N3O4. The van der Waals surface area contributed by atoms with E-state index in [1.807, 2.05) is 18.2 Å². The van der Waals surface area contributed by atoms with Gasteiger partial charge in [0.25, 0.3) is 0 Å². The number of methoxy groups -OCH3 is 1. The highest BCUT2D eigenvalue weighted by Crippen LogP contribution is 2.29. The SMILES string of the molecule is COc1ccccc1N1CCN(Cc2coc(=O)c(CN3CCCCCC3)c2O)CC1. The van der Waals surface area contributed by atoms with E-state index in [4.69, 9.17) is 9.15 Å². The molecule has 7 nitrogen and oxygen atoms in total. The van der Waals surface area contributed by atoms with E-state index in [-0.39, 0.29) is 5.75 Å². The van der Waals surface area contributed by atoms with E-state index in [0.717, 1.165) is 63.5 Å². The summed E-state index contributed by atoms with van der Waals surface area (Å²) >= 11 is 0. The van der Waals surface area contributed by atoms with Crippen LogP contribution < -0.4 is 15.3 Å². The third-order valence-electron chi connectivity index (χ3n) is 6.42. The predicted octanol–water partition coefficient (Wildman–Crippen LogP) is 3.05. The number of hydrogen-bond acceptors (Lipinski definition) is 7. The van der Waals surface area contributed by atoms with Crippen LogP contribution in [0.4, 0.5) is 5.69 Å². The number of ether oxygens (including phenoxy) is 1. The number of para-hydroxylation sites is 2. The first-order valence-corrected chi connectivity index (χ1v) is 11.3. The number of piperazine rings is 1. The largest absolute Gasteiger partial charge is 0.507 e. The Hall–Kier alpha value is -2.51. The van der Waals surface area contributed by atoms with Gasteiger partial charge in [0.05, 0.1) is 18.4 Å². The number of nitrogens with zero attached hydrogens (tertiary/aromatic N) is 3. The summed E-state index contributed by atoms with van der Waals surface area (Å²) in [6, 6.07) is 8.08. The van der Waals surface area contributed by atoms with Gasteiger partial charge in [0, 0.05) is 44.8 Å². The van der Waals surface area contributed by atoms with Crippen LogP contribution >= 0.6 is 0 Å². The smallest absolute Gasteiger partial charge is 0.343 e. The molecule has 0 atom stereocenters. The van der Waals surface area contributed by atoms with E-state index in [1.54, 1.807) is 7.11 Å². The molecule has 1 aromatic carbocycles. The molecule has 0 spiro atoms. The number of aromatic hydroxyl groups is 1. The summed E-state index contributed by atoms with van der Waals surface area (Å²) in [5, 5.41) is 10.9. The lowest BCUT2D eigenvalue weighted by atomic mass is 10.1. The van der Waals surface area contributed by atoms with E-state index in [0.29, 0.717) is 24.2 Å². The Kier molecular flexibility index (Phi) is 7.14. The Balaban J connectivity index is 1.40. The maximum absolute atomic E-state index is 12.3. The first kappa shape index (κ1) is 21.7. The molecule has 3 heterocycles. The first-order valence-electron chi connectivity index (χ1n) is 11.3. The van der Waals surface area contributed by atoms with Gasteiger partial charge in [-0.1, -0.05) is 25.0 Å². The molecule has 168 valence electrons. The van der Waals surface area contributed by atoms with Crippen molar-refractivity contribution in [3.05, 3.63) is 52.1 Å². The monoisotopic (exact) mass is 427 g/mol. The average molecular weight is 428 g/mol. The summed E-state index contributed by atoms with van der Waals surface area (Å²) in [4.78, 5) is 19.2. The van der Waals surface area contributed by atoms with Crippen molar-refractivity contribution in [2.45, 2.75) is 38.8 Å². The molecule has 1 N–H and O–H groups in total. The maximum Gasteiger partial charge on any atom is 0.343 e. The molecule has 2 aromatic rings. The highest BCUT2D eigenvalue weighted by molar-refractivity contribution is 5.58. The molecule has 4 rings (SSSR count). The van der Waals surface area contributed by atoms with Crippen molar-refractivity contribution in [1.29, 1.82) is 0 Å². The van der Waals surface area contributed by atoms with Gasteiger partial charge in [-0.2, -0.15) is 0 Å². The third-order valence-corrected chi connectivity index (χ3v) is 6.42. The van der Waals surface area contributed by atoms with E-state index < -0.39 is 5.63 Å². The number of hydrogen-bond donors (Lipinski definition) is 1. The summed E-state index contributed by atoms with van der Waals surface area (Å²) in [5.74, 6) is 0.990. The fourth-order valence-corrected chi connectivity index (χ4v) is 4.59. The minimum Gasteiger partial charge on any atom is -0.507 e. The van der Waals surface area contributed by atoms with Crippen LogP contribution in [0.15, 0.2) is 39.7 Å². The summed E-state index contributed by atoms with van der Waals surface area (Å²) in [6.45, 7) is 6.43. The van der Waals surface area contributed by atoms with Gasteiger partial charge in [-0.25, -0.2) is 4.79 Å². The van der Waals surface area contributed by atoms with Crippen LogP contribution in [0.1, 0.15) is 36.8 Å². The maximum atomic E-state index is 12.3. The minimum absolute atomic E-state index is 0.104. The molecule has 31 heavy (non-hydrogen) atoms. The van der Waals surface area contributed by atoms with Crippen LogP contribution in [0.3, 0.4) is 0 Å². The molecule has 0 unspecified atom stereocenters. The van der Waals surface area contributed by atoms with E-state index in [1.165, 1.54) is 19.1 Å². The number of benzene rings is 1. The molecule has 1 aromatic heterocycles. The molecule has 7 heteroatoms. The molecule has 0 aliphatic carbocycles. The summed E-state index contributed by atoms with van der Waals surface area (Å²) < 4.78 is 10.8. The fourth-order valence-electron chi connectivity index (χ4n) is 4.59. The van der Waals surface area contributed by atoms with E-state index >= 15 is 0 Å². The van der Waals surface area contributed by atoms with Gasteiger partial charge in [-0.15, -0.1) is 0 Å². The van der Waals surface area contributed by atoms with Crippen molar-refractivity contribution in [2.75, 3.05) is 51.3 Å². The molecule has 2 aliphatic rings. The molecule has 0 saturated carbocycles. The van der Waals surface area contributed by atoms with Gasteiger partial charge in [-0.3, -0.25) is 9.80 Å². The normalized spacial score (nSPS) is 18.7. The van der Waals surface area contributed by atoms with Crippen molar-refractivity contribution in [1.82, 2.24) is 9.80 Å². The third kappa shape index (κ3) is 5.22. The zero-order chi connectivity index (χ0) is 21.6. The van der Waals surface area contributed by atoms with Crippen LogP contribution in [0.25, 0.3) is 0 Å². The number of likely N-dealkylation sites (tertiary alicyclic amines) is 1. The number of rotatable bonds is 6. The Morgan fingerprint density at radius 1 is 0.935 bits per heavy atom. The molecule has 2 aliphatic heterocycles. The Bertz CT molecular complexity index is 913. The van der Waals surface area contributed by atoms with E-state index in [2.05, 4.69) is 20.8 Å². The summed E-state index contributed by atoms with van der Waals surface area (Å²) in [7, 11) is 1.70. The van der Waals surface area contributed by atoms with Gasteiger partial charge >= 0.3 is 5.63 Å². The lowest BCUT2D eigenvalue weighted by Gasteiger charge is -2.36. The quantitative estimate of drug-likeness (QED) is 0.760. The van der Waals surface area contributed by atoms with Crippen molar-refractivity contribution in [3.63, 3.8) is 0 Å². The average Bonchev–Trinajstić information content (AvgIpc) is 3.08. The lowest BCUT2D eigenvalue weighted by molar-refractivity contribution is 0.239. The Labute approximate surface area is 183 Å². The minimum atomic E-state index is -0.425. The van der Waals surface area contributed by atoms with Crippen LogP contribution in [-0.4, -0.2) is 61.3 Å². The zero-order valence-electron chi connectivity index (χ0n) is 18.4. The zero-order valence-corrected chi connectivity index (χ0v) is 18.4. The molecule has 0 amide bonds. The molecule has 0 bridgehead atoms. The molecular weight excluding hydrogens is 394 g/mol. The fraction of sp³-hybridized carbons (Fsp3) is 0.542.